The molecule has 0 fully saturated rings. The zero-order chi connectivity index (χ0) is 22.5. The van der Waals surface area contributed by atoms with E-state index in [1.54, 1.807) is 25.1 Å². The smallest absolute Gasteiger partial charge is 0.261 e. The van der Waals surface area contributed by atoms with Crippen molar-refractivity contribution in [2.24, 2.45) is 0 Å². The third kappa shape index (κ3) is 7.33. The molecule has 0 saturated carbocycles. The molecule has 0 bridgehead atoms. The van der Waals surface area contributed by atoms with Crippen LogP contribution in [0.2, 0.25) is 5.02 Å². The van der Waals surface area contributed by atoms with E-state index in [0.717, 1.165) is 15.6 Å². The Labute approximate surface area is 191 Å². The second kappa shape index (κ2) is 10.3. The molecule has 2 aromatic rings. The number of carbonyl (C=O) groups is 2. The Bertz CT molecular complexity index is 894. The van der Waals surface area contributed by atoms with E-state index in [1.807, 2.05) is 52.0 Å². The number of aryl methyl sites for hydroxylation is 1. The van der Waals surface area contributed by atoms with Crippen molar-refractivity contribution < 1.29 is 14.3 Å². The molecule has 2 amide bonds. The van der Waals surface area contributed by atoms with Gasteiger partial charge in [-0.25, -0.2) is 0 Å². The van der Waals surface area contributed by atoms with Gasteiger partial charge >= 0.3 is 0 Å². The first kappa shape index (κ1) is 24.2. The number of hydrogen-bond donors (Lipinski definition) is 1. The van der Waals surface area contributed by atoms with Gasteiger partial charge in [0.05, 0.1) is 0 Å². The Morgan fingerprint density at radius 2 is 1.80 bits per heavy atom. The van der Waals surface area contributed by atoms with E-state index in [1.165, 1.54) is 4.90 Å². The molecular weight excluding hydrogens is 468 g/mol. The molecule has 0 saturated heterocycles. The maximum Gasteiger partial charge on any atom is 0.261 e. The highest BCUT2D eigenvalue weighted by molar-refractivity contribution is 9.10. The van der Waals surface area contributed by atoms with Crippen LogP contribution < -0.4 is 10.1 Å². The number of nitrogens with one attached hydrogen (secondary N) is 1. The Morgan fingerprint density at radius 1 is 1.17 bits per heavy atom. The highest BCUT2D eigenvalue weighted by Crippen LogP contribution is 2.22. The highest BCUT2D eigenvalue weighted by Gasteiger charge is 2.28. The molecule has 0 aliphatic carbocycles. The minimum absolute atomic E-state index is 0.165. The number of benzene rings is 2. The highest BCUT2D eigenvalue weighted by atomic mass is 79.9. The van der Waals surface area contributed by atoms with E-state index < -0.39 is 11.6 Å². The van der Waals surface area contributed by atoms with E-state index in [4.69, 9.17) is 16.3 Å². The standard InChI is InChI=1S/C23H28BrClN2O3/c1-15-12-19(10-11-20(15)24)30-14-21(28)27(13-17-6-8-18(25)9-7-17)16(2)22(29)26-23(3,4)5/h6-12,16H,13-14H2,1-5H3,(H,26,29)/t16-/m0/s1. The number of hydrogen-bond acceptors (Lipinski definition) is 3. The van der Waals surface area contributed by atoms with Crippen LogP contribution in [0.4, 0.5) is 0 Å². The topological polar surface area (TPSA) is 58.6 Å². The van der Waals surface area contributed by atoms with E-state index in [-0.39, 0.29) is 25.0 Å². The van der Waals surface area contributed by atoms with Gasteiger partial charge in [0.25, 0.3) is 5.91 Å². The van der Waals surface area contributed by atoms with Crippen molar-refractivity contribution in [1.82, 2.24) is 10.2 Å². The van der Waals surface area contributed by atoms with Crippen molar-refractivity contribution in [3.63, 3.8) is 0 Å². The van der Waals surface area contributed by atoms with Gasteiger partial charge in [0, 0.05) is 21.6 Å². The predicted molar refractivity (Wildman–Crippen MR) is 124 cm³/mol. The van der Waals surface area contributed by atoms with Crippen LogP contribution in [0.15, 0.2) is 46.9 Å². The first-order chi connectivity index (χ1) is 14.0. The fourth-order valence-corrected chi connectivity index (χ4v) is 3.15. The van der Waals surface area contributed by atoms with Gasteiger partial charge in [-0.2, -0.15) is 0 Å². The van der Waals surface area contributed by atoms with Gasteiger partial charge < -0.3 is 15.0 Å². The molecular formula is C23H28BrClN2O3. The van der Waals surface area contributed by atoms with Crippen LogP contribution in [-0.4, -0.2) is 34.9 Å². The Morgan fingerprint density at radius 3 is 2.37 bits per heavy atom. The number of nitrogens with zero attached hydrogens (tertiary/aromatic N) is 1. The van der Waals surface area contributed by atoms with E-state index in [0.29, 0.717) is 10.8 Å². The lowest BCUT2D eigenvalue weighted by Gasteiger charge is -2.31. The Hall–Kier alpha value is -2.05. The molecule has 7 heteroatoms. The average molecular weight is 496 g/mol. The molecule has 0 aliphatic heterocycles. The van der Waals surface area contributed by atoms with Gasteiger partial charge in [-0.15, -0.1) is 0 Å². The van der Waals surface area contributed by atoms with Gasteiger partial charge in [0.2, 0.25) is 5.91 Å². The molecule has 162 valence electrons. The third-order valence-corrected chi connectivity index (χ3v) is 5.57. The largest absolute Gasteiger partial charge is 0.484 e. The van der Waals surface area contributed by atoms with Crippen LogP contribution in [-0.2, 0) is 16.1 Å². The number of rotatable bonds is 7. The minimum atomic E-state index is -0.664. The van der Waals surface area contributed by atoms with Gasteiger partial charge in [0.15, 0.2) is 6.61 Å². The summed E-state index contributed by atoms with van der Waals surface area (Å²) < 4.78 is 6.68. The molecule has 5 nitrogen and oxygen atoms in total. The van der Waals surface area contributed by atoms with Gasteiger partial charge in [-0.1, -0.05) is 39.7 Å². The summed E-state index contributed by atoms with van der Waals surface area (Å²) in [6.45, 7) is 9.49. The maximum absolute atomic E-state index is 13.0. The molecule has 0 heterocycles. The first-order valence-electron chi connectivity index (χ1n) is 9.71. The van der Waals surface area contributed by atoms with Gasteiger partial charge in [0.1, 0.15) is 11.8 Å². The van der Waals surface area contributed by atoms with Crippen LogP contribution in [0.3, 0.4) is 0 Å². The number of ether oxygens (including phenoxy) is 1. The summed E-state index contributed by atoms with van der Waals surface area (Å²) in [4.78, 5) is 27.3. The summed E-state index contributed by atoms with van der Waals surface area (Å²) in [7, 11) is 0. The SMILES string of the molecule is Cc1cc(OCC(=O)N(Cc2ccc(Cl)cc2)[C@@H](C)C(=O)NC(C)(C)C)ccc1Br. The fourth-order valence-electron chi connectivity index (χ4n) is 2.78. The Balaban J connectivity index is 2.17. The first-order valence-corrected chi connectivity index (χ1v) is 10.9. The fraction of sp³-hybridized carbons (Fsp3) is 0.391. The summed E-state index contributed by atoms with van der Waals surface area (Å²) >= 11 is 9.42. The van der Waals surface area contributed by atoms with Crippen molar-refractivity contribution in [2.75, 3.05) is 6.61 Å². The van der Waals surface area contributed by atoms with Crippen molar-refractivity contribution >= 4 is 39.3 Å². The van der Waals surface area contributed by atoms with Gasteiger partial charge in [-0.3, -0.25) is 9.59 Å². The molecule has 0 spiro atoms. The maximum atomic E-state index is 13.0. The van der Waals surface area contributed by atoms with Crippen LogP contribution in [0.1, 0.15) is 38.8 Å². The van der Waals surface area contributed by atoms with E-state index in [9.17, 15) is 9.59 Å². The molecule has 2 rings (SSSR count). The second-order valence-electron chi connectivity index (χ2n) is 8.26. The molecule has 0 radical (unpaired) electrons. The lowest BCUT2D eigenvalue weighted by Crippen LogP contribution is -2.53. The van der Waals surface area contributed by atoms with Crippen molar-refractivity contribution in [3.8, 4) is 5.75 Å². The quantitative estimate of drug-likeness (QED) is 0.580. The molecule has 1 N–H and O–H groups in total. The second-order valence-corrected chi connectivity index (χ2v) is 9.55. The van der Waals surface area contributed by atoms with Crippen molar-refractivity contribution in [1.29, 1.82) is 0 Å². The third-order valence-electron chi connectivity index (χ3n) is 4.42. The zero-order valence-electron chi connectivity index (χ0n) is 18.0. The molecule has 0 aromatic heterocycles. The van der Waals surface area contributed by atoms with Crippen molar-refractivity contribution in [2.45, 2.75) is 52.7 Å². The summed E-state index contributed by atoms with van der Waals surface area (Å²) in [5.41, 5.74) is 1.49. The summed E-state index contributed by atoms with van der Waals surface area (Å²) in [5.74, 6) is 0.105. The van der Waals surface area contributed by atoms with Crippen LogP contribution in [0.25, 0.3) is 0 Å². The average Bonchev–Trinajstić information content (AvgIpc) is 2.66. The number of carbonyl (C=O) groups excluding carboxylic acids is 2. The monoisotopic (exact) mass is 494 g/mol. The van der Waals surface area contributed by atoms with Gasteiger partial charge in [-0.05, 0) is 76.1 Å². The van der Waals surface area contributed by atoms with Crippen LogP contribution >= 0.6 is 27.5 Å². The molecule has 2 aromatic carbocycles. The molecule has 0 aliphatic rings. The van der Waals surface area contributed by atoms with Crippen LogP contribution in [0.5, 0.6) is 5.75 Å². The molecule has 0 unspecified atom stereocenters. The molecule has 1 atom stereocenters. The number of amides is 2. The summed E-state index contributed by atoms with van der Waals surface area (Å²) in [5, 5.41) is 3.55. The number of halogens is 2. The predicted octanol–water partition coefficient (Wildman–Crippen LogP) is 5.12. The normalized spacial score (nSPS) is 12.2. The van der Waals surface area contributed by atoms with Crippen LogP contribution in [0, 0.1) is 6.92 Å². The lowest BCUT2D eigenvalue weighted by atomic mass is 10.1. The summed E-state index contributed by atoms with van der Waals surface area (Å²) in [6, 6.07) is 12.1. The Kier molecular flexibility index (Phi) is 8.33. The van der Waals surface area contributed by atoms with E-state index >= 15 is 0 Å². The molecule has 30 heavy (non-hydrogen) atoms. The van der Waals surface area contributed by atoms with Crippen molar-refractivity contribution in [3.05, 3.63) is 63.1 Å². The minimum Gasteiger partial charge on any atom is -0.484 e. The summed E-state index contributed by atoms with van der Waals surface area (Å²) in [6.07, 6.45) is 0. The van der Waals surface area contributed by atoms with E-state index in [2.05, 4.69) is 21.2 Å². The zero-order valence-corrected chi connectivity index (χ0v) is 20.3. The lowest BCUT2D eigenvalue weighted by molar-refractivity contribution is -0.142.